The number of hydrogen-bond donors (Lipinski definition) is 2. The van der Waals surface area contributed by atoms with Gasteiger partial charge in [-0.25, -0.2) is 0 Å². The maximum Gasteiger partial charge on any atom is 0.358 e. The molecule has 0 aliphatic heterocycles. The van der Waals surface area contributed by atoms with Gasteiger partial charge in [-0.15, -0.1) is 0 Å². The predicted octanol–water partition coefficient (Wildman–Crippen LogP) is 4.35. The number of anilines is 2. The van der Waals surface area contributed by atoms with Gasteiger partial charge in [-0.1, -0.05) is 42.5 Å². The third kappa shape index (κ3) is 2.95. The first-order chi connectivity index (χ1) is 13.6. The second kappa shape index (κ2) is 6.88. The van der Waals surface area contributed by atoms with Gasteiger partial charge in [0.2, 0.25) is 0 Å². The molecule has 2 N–H and O–H groups in total. The van der Waals surface area contributed by atoms with Crippen LogP contribution in [0.15, 0.2) is 83.7 Å². The number of nitrogens with zero attached hydrogens (tertiary/aromatic N) is 2. The highest BCUT2D eigenvalue weighted by molar-refractivity contribution is 5.98. The van der Waals surface area contributed by atoms with Gasteiger partial charge in [0.1, 0.15) is 11.4 Å². The van der Waals surface area contributed by atoms with Crippen LogP contribution in [0.3, 0.4) is 0 Å². The molecule has 0 fully saturated rings. The van der Waals surface area contributed by atoms with Crippen molar-refractivity contribution >= 4 is 28.0 Å². The third-order valence-electron chi connectivity index (χ3n) is 4.37. The van der Waals surface area contributed by atoms with Crippen LogP contribution in [0.5, 0.6) is 5.75 Å². The highest BCUT2D eigenvalue weighted by Crippen LogP contribution is 2.34. The highest BCUT2D eigenvalue weighted by Gasteiger charge is 2.26. The minimum absolute atomic E-state index is 0.00888. The normalized spacial score (nSPS) is 10.7. The Bertz CT molecular complexity index is 1250. The minimum Gasteiger partial charge on any atom is -0.508 e. The molecule has 0 saturated heterocycles. The molecule has 0 aliphatic rings. The summed E-state index contributed by atoms with van der Waals surface area (Å²) in [7, 11) is 0. The standard InChI is InChI=1S/C21H15N3O4/c25-16-10-6-7-14(13-16)22-19-17-11-4-5-12-18(17)23(15-8-2-1-3-9-15)21(26)20(19)24(27)28/h1-13,22,25H. The Morgan fingerprint density at radius 1 is 0.929 bits per heavy atom. The summed E-state index contributed by atoms with van der Waals surface area (Å²) in [6.07, 6.45) is 0. The van der Waals surface area contributed by atoms with Crippen molar-refractivity contribution < 1.29 is 10.0 Å². The molecule has 0 atom stereocenters. The summed E-state index contributed by atoms with van der Waals surface area (Å²) < 4.78 is 1.33. The van der Waals surface area contributed by atoms with Crippen molar-refractivity contribution in [1.82, 2.24) is 4.57 Å². The van der Waals surface area contributed by atoms with Gasteiger partial charge in [0, 0.05) is 22.8 Å². The third-order valence-corrected chi connectivity index (χ3v) is 4.37. The average molecular weight is 373 g/mol. The summed E-state index contributed by atoms with van der Waals surface area (Å²) in [5.74, 6) is 0.00888. The SMILES string of the molecule is O=c1c([N+](=O)[O-])c(Nc2cccc(O)c2)c2ccccc2n1-c1ccccc1. The lowest BCUT2D eigenvalue weighted by Gasteiger charge is -2.15. The molecule has 0 spiro atoms. The molecule has 138 valence electrons. The molecule has 28 heavy (non-hydrogen) atoms. The van der Waals surface area contributed by atoms with Gasteiger partial charge in [-0.2, -0.15) is 0 Å². The van der Waals surface area contributed by atoms with E-state index in [1.807, 2.05) is 6.07 Å². The number of benzene rings is 3. The summed E-state index contributed by atoms with van der Waals surface area (Å²) in [6.45, 7) is 0. The van der Waals surface area contributed by atoms with Crippen molar-refractivity contribution in [2.24, 2.45) is 0 Å². The first-order valence-corrected chi connectivity index (χ1v) is 8.50. The van der Waals surface area contributed by atoms with Crippen LogP contribution in [-0.2, 0) is 0 Å². The van der Waals surface area contributed by atoms with Crippen molar-refractivity contribution in [3.8, 4) is 11.4 Å². The summed E-state index contributed by atoms with van der Waals surface area (Å²) in [5, 5.41) is 25.0. The first kappa shape index (κ1) is 17.3. The van der Waals surface area contributed by atoms with Crippen molar-refractivity contribution in [2.45, 2.75) is 0 Å². The molecule has 0 aliphatic carbocycles. The Kier molecular flexibility index (Phi) is 4.25. The molecule has 7 heteroatoms. The zero-order valence-corrected chi connectivity index (χ0v) is 14.6. The Hall–Kier alpha value is -4.13. The number of aromatic nitrogens is 1. The number of phenolic OH excluding ortho intramolecular Hbond substituents is 1. The zero-order valence-electron chi connectivity index (χ0n) is 14.6. The molecule has 7 nitrogen and oxygen atoms in total. The van der Waals surface area contributed by atoms with Crippen LogP contribution in [0.1, 0.15) is 0 Å². The Balaban J connectivity index is 2.07. The van der Waals surface area contributed by atoms with E-state index in [9.17, 15) is 20.0 Å². The number of rotatable bonds is 4. The van der Waals surface area contributed by atoms with E-state index in [2.05, 4.69) is 5.32 Å². The molecule has 3 aromatic carbocycles. The van der Waals surface area contributed by atoms with E-state index in [-0.39, 0.29) is 11.4 Å². The quantitative estimate of drug-likeness (QED) is 0.409. The van der Waals surface area contributed by atoms with Crippen molar-refractivity contribution in [3.05, 3.63) is 99.3 Å². The lowest BCUT2D eigenvalue weighted by Crippen LogP contribution is -2.23. The van der Waals surface area contributed by atoms with Crippen LogP contribution in [-0.4, -0.2) is 14.6 Å². The van der Waals surface area contributed by atoms with E-state index in [1.165, 1.54) is 16.7 Å². The zero-order chi connectivity index (χ0) is 19.7. The van der Waals surface area contributed by atoms with E-state index >= 15 is 0 Å². The lowest BCUT2D eigenvalue weighted by molar-refractivity contribution is -0.385. The molecule has 0 radical (unpaired) electrons. The summed E-state index contributed by atoms with van der Waals surface area (Å²) >= 11 is 0. The van der Waals surface area contributed by atoms with E-state index in [1.54, 1.807) is 60.7 Å². The Labute approximate surface area is 159 Å². The summed E-state index contributed by atoms with van der Waals surface area (Å²) in [5.41, 5.74) is 0.291. The first-order valence-electron chi connectivity index (χ1n) is 8.50. The van der Waals surface area contributed by atoms with E-state index in [4.69, 9.17) is 0 Å². The monoisotopic (exact) mass is 373 g/mol. The van der Waals surface area contributed by atoms with Crippen LogP contribution in [0.25, 0.3) is 16.6 Å². The second-order valence-corrected chi connectivity index (χ2v) is 6.15. The molecule has 0 amide bonds. The molecule has 0 unspecified atom stereocenters. The van der Waals surface area contributed by atoms with Crippen molar-refractivity contribution in [1.29, 1.82) is 0 Å². The maximum atomic E-state index is 13.1. The Morgan fingerprint density at radius 2 is 1.64 bits per heavy atom. The van der Waals surface area contributed by atoms with Gasteiger partial charge in [0.25, 0.3) is 0 Å². The fourth-order valence-corrected chi connectivity index (χ4v) is 3.19. The van der Waals surface area contributed by atoms with Crippen LogP contribution >= 0.6 is 0 Å². The molecular weight excluding hydrogens is 358 g/mol. The fourth-order valence-electron chi connectivity index (χ4n) is 3.19. The van der Waals surface area contributed by atoms with Crippen LogP contribution in [0.4, 0.5) is 17.1 Å². The predicted molar refractivity (Wildman–Crippen MR) is 108 cm³/mol. The number of fused-ring (bicyclic) bond motifs is 1. The highest BCUT2D eigenvalue weighted by atomic mass is 16.6. The van der Waals surface area contributed by atoms with E-state index in [0.29, 0.717) is 22.3 Å². The smallest absolute Gasteiger partial charge is 0.358 e. The number of hydrogen-bond acceptors (Lipinski definition) is 5. The van der Waals surface area contributed by atoms with Crippen LogP contribution in [0, 0.1) is 10.1 Å². The molecule has 4 rings (SSSR count). The molecule has 4 aromatic rings. The van der Waals surface area contributed by atoms with Crippen molar-refractivity contribution in [3.63, 3.8) is 0 Å². The molecular formula is C21H15N3O4. The van der Waals surface area contributed by atoms with Gasteiger partial charge in [0.15, 0.2) is 0 Å². The number of nitro groups is 1. The number of nitrogens with one attached hydrogen (secondary N) is 1. The number of para-hydroxylation sites is 2. The fraction of sp³-hybridized carbons (Fsp3) is 0. The van der Waals surface area contributed by atoms with Crippen LogP contribution in [0.2, 0.25) is 0 Å². The topological polar surface area (TPSA) is 97.4 Å². The van der Waals surface area contributed by atoms with Gasteiger partial charge in [-0.05, 0) is 30.3 Å². The summed E-state index contributed by atoms with van der Waals surface area (Å²) in [6, 6.07) is 21.9. The largest absolute Gasteiger partial charge is 0.508 e. The Morgan fingerprint density at radius 3 is 2.36 bits per heavy atom. The maximum absolute atomic E-state index is 13.1. The van der Waals surface area contributed by atoms with Gasteiger partial charge in [-0.3, -0.25) is 19.5 Å². The van der Waals surface area contributed by atoms with Crippen molar-refractivity contribution in [2.75, 3.05) is 5.32 Å². The van der Waals surface area contributed by atoms with Gasteiger partial charge < -0.3 is 10.4 Å². The summed E-state index contributed by atoms with van der Waals surface area (Å²) in [4.78, 5) is 24.3. The molecule has 1 heterocycles. The van der Waals surface area contributed by atoms with E-state index in [0.717, 1.165) is 0 Å². The molecule has 0 saturated carbocycles. The minimum atomic E-state index is -0.738. The molecule has 0 bridgehead atoms. The van der Waals surface area contributed by atoms with E-state index < -0.39 is 16.2 Å². The number of aromatic hydroxyl groups is 1. The lowest BCUT2D eigenvalue weighted by atomic mass is 10.1. The number of phenols is 1. The van der Waals surface area contributed by atoms with Gasteiger partial charge >= 0.3 is 11.2 Å². The average Bonchev–Trinajstić information content (AvgIpc) is 2.68. The van der Waals surface area contributed by atoms with Crippen LogP contribution < -0.4 is 10.9 Å². The molecule has 1 aromatic heterocycles. The second-order valence-electron chi connectivity index (χ2n) is 6.15. The van der Waals surface area contributed by atoms with Gasteiger partial charge in [0.05, 0.1) is 10.4 Å². The number of pyridine rings is 1.